The fourth-order valence-corrected chi connectivity index (χ4v) is 2.45. The first-order valence-electron chi connectivity index (χ1n) is 6.73. The number of nitrogens with zero attached hydrogens (tertiary/aromatic N) is 3. The number of carbonyl (C=O) groups is 1. The zero-order chi connectivity index (χ0) is 16.4. The first-order chi connectivity index (χ1) is 11.0. The van der Waals surface area contributed by atoms with E-state index in [1.807, 2.05) is 0 Å². The minimum atomic E-state index is -0.377. The van der Waals surface area contributed by atoms with Gasteiger partial charge in [-0.05, 0) is 25.1 Å². The summed E-state index contributed by atoms with van der Waals surface area (Å²) in [7, 11) is 0. The third kappa shape index (κ3) is 3.55. The molecule has 6 nitrogen and oxygen atoms in total. The van der Waals surface area contributed by atoms with Crippen molar-refractivity contribution in [2.24, 2.45) is 0 Å². The van der Waals surface area contributed by atoms with Gasteiger partial charge in [0, 0.05) is 22.5 Å². The number of halogens is 2. The number of hydrogen-bond donors (Lipinski definition) is 1. The van der Waals surface area contributed by atoms with Gasteiger partial charge in [0.05, 0.1) is 17.8 Å². The Morgan fingerprint density at radius 3 is 2.87 bits per heavy atom. The molecule has 0 unspecified atom stereocenters. The Bertz CT molecular complexity index is 857. The second-order valence-corrected chi connectivity index (χ2v) is 5.76. The van der Waals surface area contributed by atoms with Crippen LogP contribution in [0.4, 0.5) is 5.69 Å². The molecule has 0 aliphatic carbocycles. The van der Waals surface area contributed by atoms with Crippen LogP contribution in [-0.2, 0) is 6.54 Å². The molecule has 0 radical (unpaired) electrons. The number of carbonyl (C=O) groups excluding carboxylic acids is 1. The topological polar surface area (TPSA) is 73.0 Å². The van der Waals surface area contributed by atoms with Gasteiger partial charge in [-0.15, -0.1) is 0 Å². The van der Waals surface area contributed by atoms with Gasteiger partial charge in [0.25, 0.3) is 5.91 Å². The molecule has 0 aliphatic rings. The second kappa shape index (κ2) is 6.44. The monoisotopic (exact) mass is 350 g/mol. The summed E-state index contributed by atoms with van der Waals surface area (Å²) in [6, 6.07) is 6.87. The zero-order valence-corrected chi connectivity index (χ0v) is 13.6. The molecule has 23 heavy (non-hydrogen) atoms. The minimum absolute atomic E-state index is 0.203. The number of nitrogens with one attached hydrogen (secondary N) is 1. The third-order valence-corrected chi connectivity index (χ3v) is 3.63. The molecular weight excluding hydrogens is 339 g/mol. The lowest BCUT2D eigenvalue weighted by molar-refractivity contribution is 0.101. The number of benzene rings is 1. The summed E-state index contributed by atoms with van der Waals surface area (Å²) >= 11 is 11.8. The highest BCUT2D eigenvalue weighted by atomic mass is 35.5. The fraction of sp³-hybridized carbons (Fsp3) is 0.133. The molecule has 3 rings (SSSR count). The van der Waals surface area contributed by atoms with E-state index in [0.717, 1.165) is 0 Å². The molecule has 0 fully saturated rings. The summed E-state index contributed by atoms with van der Waals surface area (Å²) in [6.45, 7) is 2.07. The molecule has 0 atom stereocenters. The maximum absolute atomic E-state index is 12.4. The summed E-state index contributed by atoms with van der Waals surface area (Å²) in [4.78, 5) is 12.4. The average molecular weight is 351 g/mol. The highest BCUT2D eigenvalue weighted by Crippen LogP contribution is 2.19. The maximum atomic E-state index is 12.4. The number of amides is 1. The Kier molecular flexibility index (Phi) is 4.36. The standard InChI is InChI=1S/C15H12Cl2N4O2/c1-9-13(8-21-7-11(17)6-18-21)14(20-23-9)15(22)19-12-4-2-3-10(16)5-12/h2-7H,8H2,1H3,(H,19,22). The normalized spacial score (nSPS) is 10.7. The number of aromatic nitrogens is 3. The quantitative estimate of drug-likeness (QED) is 0.776. The van der Waals surface area contributed by atoms with Crippen molar-refractivity contribution in [3.63, 3.8) is 0 Å². The average Bonchev–Trinajstić information content (AvgIpc) is 3.06. The van der Waals surface area contributed by atoms with E-state index < -0.39 is 0 Å². The lowest BCUT2D eigenvalue weighted by Crippen LogP contribution is -2.16. The van der Waals surface area contributed by atoms with Crippen LogP contribution in [0.2, 0.25) is 10.0 Å². The van der Waals surface area contributed by atoms with Crippen LogP contribution in [0, 0.1) is 6.92 Å². The number of aryl methyl sites for hydroxylation is 1. The van der Waals surface area contributed by atoms with Crippen LogP contribution in [0.1, 0.15) is 21.8 Å². The molecule has 2 heterocycles. The predicted molar refractivity (Wildman–Crippen MR) is 87.0 cm³/mol. The second-order valence-electron chi connectivity index (χ2n) is 4.89. The van der Waals surface area contributed by atoms with E-state index in [9.17, 15) is 4.79 Å². The van der Waals surface area contributed by atoms with Crippen molar-refractivity contribution in [2.75, 3.05) is 5.32 Å². The van der Waals surface area contributed by atoms with Crippen LogP contribution in [0.25, 0.3) is 0 Å². The minimum Gasteiger partial charge on any atom is -0.361 e. The van der Waals surface area contributed by atoms with Gasteiger partial charge in [-0.1, -0.05) is 34.4 Å². The molecule has 1 aromatic carbocycles. The molecule has 0 saturated heterocycles. The summed E-state index contributed by atoms with van der Waals surface area (Å²) in [6.07, 6.45) is 3.18. The smallest absolute Gasteiger partial charge is 0.278 e. The van der Waals surface area contributed by atoms with Crippen molar-refractivity contribution in [3.05, 3.63) is 63.7 Å². The van der Waals surface area contributed by atoms with Crippen LogP contribution in [0.15, 0.2) is 41.2 Å². The van der Waals surface area contributed by atoms with Gasteiger partial charge in [-0.2, -0.15) is 5.10 Å². The van der Waals surface area contributed by atoms with Crippen molar-refractivity contribution in [1.29, 1.82) is 0 Å². The molecule has 118 valence electrons. The van der Waals surface area contributed by atoms with E-state index >= 15 is 0 Å². The summed E-state index contributed by atoms with van der Waals surface area (Å²) in [5, 5.41) is 11.7. The Hall–Kier alpha value is -2.31. The van der Waals surface area contributed by atoms with Gasteiger partial charge < -0.3 is 9.84 Å². The van der Waals surface area contributed by atoms with Crippen LogP contribution in [0.5, 0.6) is 0 Å². The third-order valence-electron chi connectivity index (χ3n) is 3.20. The molecule has 0 bridgehead atoms. The van der Waals surface area contributed by atoms with Gasteiger partial charge in [-0.3, -0.25) is 9.48 Å². The van der Waals surface area contributed by atoms with Gasteiger partial charge >= 0.3 is 0 Å². The van der Waals surface area contributed by atoms with E-state index in [2.05, 4.69) is 15.6 Å². The molecule has 8 heteroatoms. The Morgan fingerprint density at radius 1 is 1.35 bits per heavy atom. The van der Waals surface area contributed by atoms with Crippen LogP contribution < -0.4 is 5.32 Å². The molecule has 0 spiro atoms. The van der Waals surface area contributed by atoms with Crippen molar-refractivity contribution in [1.82, 2.24) is 14.9 Å². The molecule has 1 amide bonds. The highest BCUT2D eigenvalue weighted by molar-refractivity contribution is 6.31. The number of anilines is 1. The van der Waals surface area contributed by atoms with Gasteiger partial charge in [0.15, 0.2) is 5.69 Å². The molecule has 1 N–H and O–H groups in total. The van der Waals surface area contributed by atoms with E-state index in [4.69, 9.17) is 27.7 Å². The SMILES string of the molecule is Cc1onc(C(=O)Nc2cccc(Cl)c2)c1Cn1cc(Cl)cn1. The van der Waals surface area contributed by atoms with Gasteiger partial charge in [-0.25, -0.2) is 0 Å². The summed E-state index contributed by atoms with van der Waals surface area (Å²) in [5.41, 5.74) is 1.43. The van der Waals surface area contributed by atoms with Crippen molar-refractivity contribution < 1.29 is 9.32 Å². The van der Waals surface area contributed by atoms with E-state index in [1.165, 1.54) is 6.20 Å². The largest absolute Gasteiger partial charge is 0.361 e. The summed E-state index contributed by atoms with van der Waals surface area (Å²) < 4.78 is 6.76. The van der Waals surface area contributed by atoms with Crippen LogP contribution >= 0.6 is 23.2 Å². The number of rotatable bonds is 4. The first kappa shape index (κ1) is 15.6. The fourth-order valence-electron chi connectivity index (χ4n) is 2.10. The molecule has 2 aromatic heterocycles. The van der Waals surface area contributed by atoms with Crippen LogP contribution in [-0.4, -0.2) is 20.8 Å². The van der Waals surface area contributed by atoms with Crippen molar-refractivity contribution in [2.45, 2.75) is 13.5 Å². The predicted octanol–water partition coefficient (Wildman–Crippen LogP) is 3.79. The van der Waals surface area contributed by atoms with E-state index in [0.29, 0.717) is 33.6 Å². The molecule has 3 aromatic rings. The molecule has 0 saturated carbocycles. The lowest BCUT2D eigenvalue weighted by atomic mass is 10.2. The van der Waals surface area contributed by atoms with Crippen molar-refractivity contribution in [3.8, 4) is 0 Å². The Labute approximate surface area is 142 Å². The van der Waals surface area contributed by atoms with Gasteiger partial charge in [0.2, 0.25) is 0 Å². The summed E-state index contributed by atoms with van der Waals surface area (Å²) in [5.74, 6) is 0.172. The molecule has 0 aliphatic heterocycles. The molecular formula is C15H12Cl2N4O2. The zero-order valence-electron chi connectivity index (χ0n) is 12.1. The van der Waals surface area contributed by atoms with E-state index in [-0.39, 0.29) is 11.6 Å². The Balaban J connectivity index is 1.83. The van der Waals surface area contributed by atoms with Gasteiger partial charge in [0.1, 0.15) is 5.76 Å². The van der Waals surface area contributed by atoms with Crippen LogP contribution in [0.3, 0.4) is 0 Å². The lowest BCUT2D eigenvalue weighted by Gasteiger charge is -2.05. The number of hydrogen-bond acceptors (Lipinski definition) is 4. The van der Waals surface area contributed by atoms with Crippen molar-refractivity contribution >= 4 is 34.8 Å². The highest BCUT2D eigenvalue weighted by Gasteiger charge is 2.20. The first-order valence-corrected chi connectivity index (χ1v) is 7.48. The Morgan fingerprint density at radius 2 is 2.17 bits per heavy atom. The van der Waals surface area contributed by atoms with E-state index in [1.54, 1.807) is 42.1 Å². The maximum Gasteiger partial charge on any atom is 0.278 e.